The number of rotatable bonds is 3. The lowest BCUT2D eigenvalue weighted by Gasteiger charge is -2.03. The second-order valence-corrected chi connectivity index (χ2v) is 6.84. The van der Waals surface area contributed by atoms with E-state index < -0.39 is 0 Å². The predicted octanol–water partition coefficient (Wildman–Crippen LogP) is 6.89. The van der Waals surface area contributed by atoms with Crippen LogP contribution in [0.2, 0.25) is 0 Å². The van der Waals surface area contributed by atoms with Crippen LogP contribution in [0.5, 0.6) is 0 Å². The van der Waals surface area contributed by atoms with E-state index in [1.165, 1.54) is 9.13 Å². The van der Waals surface area contributed by atoms with E-state index in [0.29, 0.717) is 0 Å². The summed E-state index contributed by atoms with van der Waals surface area (Å²) in [5.41, 5.74) is 4.47. The zero-order chi connectivity index (χ0) is 16.4. The van der Waals surface area contributed by atoms with Crippen molar-refractivity contribution in [2.75, 3.05) is 0 Å². The maximum atomic E-state index is 6.27. The van der Waals surface area contributed by atoms with Crippen LogP contribution in [0.25, 0.3) is 33.8 Å². The predicted molar refractivity (Wildman–Crippen MR) is 108 cm³/mol. The summed E-state index contributed by atoms with van der Waals surface area (Å²) in [5, 5.41) is 0. The largest absolute Gasteiger partial charge is 0.455 e. The van der Waals surface area contributed by atoms with E-state index in [-0.39, 0.29) is 0 Å². The van der Waals surface area contributed by atoms with Crippen LogP contribution in [0.3, 0.4) is 0 Å². The number of hydrogen-bond donors (Lipinski definition) is 0. The molecule has 0 fully saturated rings. The summed E-state index contributed by atoms with van der Waals surface area (Å²) in [6.45, 7) is 0. The van der Waals surface area contributed by atoms with Crippen molar-refractivity contribution in [3.63, 3.8) is 0 Å². The van der Waals surface area contributed by atoms with Crippen LogP contribution in [0.15, 0.2) is 95.4 Å². The first-order valence-electron chi connectivity index (χ1n) is 7.82. The Bertz CT molecular complexity index is 938. The molecule has 4 rings (SSSR count). The molecule has 0 aliphatic carbocycles. The van der Waals surface area contributed by atoms with Gasteiger partial charge in [0.1, 0.15) is 11.5 Å². The summed E-state index contributed by atoms with van der Waals surface area (Å²) in [6.07, 6.45) is 0. The minimum absolute atomic E-state index is 0.892. The summed E-state index contributed by atoms with van der Waals surface area (Å²) in [6, 6.07) is 31.2. The molecule has 3 aromatic carbocycles. The van der Waals surface area contributed by atoms with Crippen molar-refractivity contribution in [2.45, 2.75) is 0 Å². The molecule has 1 nitrogen and oxygen atoms in total. The highest BCUT2D eigenvalue weighted by Crippen LogP contribution is 2.38. The Labute approximate surface area is 155 Å². The van der Waals surface area contributed by atoms with Crippen LogP contribution in [0.1, 0.15) is 0 Å². The van der Waals surface area contributed by atoms with Crippen molar-refractivity contribution < 1.29 is 4.42 Å². The summed E-state index contributed by atoms with van der Waals surface area (Å²) in [4.78, 5) is 0. The zero-order valence-corrected chi connectivity index (χ0v) is 15.1. The fourth-order valence-corrected chi connectivity index (χ4v) is 3.14. The van der Waals surface area contributed by atoms with Gasteiger partial charge in [-0.15, -0.1) is 0 Å². The third-order valence-electron chi connectivity index (χ3n) is 3.98. The third kappa shape index (κ3) is 3.02. The standard InChI is InChI=1S/C22H15IO/c23-19-13-11-16(12-14-19)20-15-21(17-7-3-1-4-8-17)24-22(20)18-9-5-2-6-10-18/h1-15H. The smallest absolute Gasteiger partial charge is 0.142 e. The van der Waals surface area contributed by atoms with Crippen molar-refractivity contribution in [3.8, 4) is 33.8 Å². The summed E-state index contributed by atoms with van der Waals surface area (Å²) in [7, 11) is 0. The minimum Gasteiger partial charge on any atom is -0.455 e. The molecular formula is C22H15IO. The highest BCUT2D eigenvalue weighted by molar-refractivity contribution is 14.1. The van der Waals surface area contributed by atoms with Crippen LogP contribution < -0.4 is 0 Å². The second kappa shape index (κ2) is 6.65. The first-order chi connectivity index (χ1) is 11.8. The maximum absolute atomic E-state index is 6.27. The number of hydrogen-bond acceptors (Lipinski definition) is 1. The lowest BCUT2D eigenvalue weighted by molar-refractivity contribution is 0.598. The highest BCUT2D eigenvalue weighted by atomic mass is 127. The van der Waals surface area contributed by atoms with Crippen molar-refractivity contribution in [1.29, 1.82) is 0 Å². The zero-order valence-electron chi connectivity index (χ0n) is 12.9. The molecule has 4 aromatic rings. The molecule has 1 heterocycles. The number of benzene rings is 3. The van der Waals surface area contributed by atoms with E-state index >= 15 is 0 Å². The van der Waals surface area contributed by atoms with Crippen LogP contribution in [0, 0.1) is 3.57 Å². The van der Waals surface area contributed by atoms with E-state index in [0.717, 1.165) is 28.2 Å². The molecule has 0 spiro atoms. The van der Waals surface area contributed by atoms with Crippen molar-refractivity contribution in [3.05, 3.63) is 94.6 Å². The summed E-state index contributed by atoms with van der Waals surface area (Å²) in [5.74, 6) is 1.80. The highest BCUT2D eigenvalue weighted by Gasteiger charge is 2.15. The molecule has 0 saturated carbocycles. The maximum Gasteiger partial charge on any atom is 0.142 e. The molecule has 0 aliphatic rings. The first-order valence-corrected chi connectivity index (χ1v) is 8.90. The van der Waals surface area contributed by atoms with Gasteiger partial charge in [-0.3, -0.25) is 0 Å². The minimum atomic E-state index is 0.892. The van der Waals surface area contributed by atoms with Gasteiger partial charge in [-0.1, -0.05) is 72.8 Å². The molecule has 0 unspecified atom stereocenters. The summed E-state index contributed by atoms with van der Waals surface area (Å²) < 4.78 is 7.50. The van der Waals surface area contributed by atoms with E-state index in [4.69, 9.17) is 4.42 Å². The first kappa shape index (κ1) is 15.2. The molecule has 116 valence electrons. The van der Waals surface area contributed by atoms with Gasteiger partial charge < -0.3 is 4.42 Å². The second-order valence-electron chi connectivity index (χ2n) is 5.59. The Kier molecular flexibility index (Phi) is 4.22. The van der Waals surface area contributed by atoms with Crippen LogP contribution in [-0.2, 0) is 0 Å². The monoisotopic (exact) mass is 422 g/mol. The molecule has 24 heavy (non-hydrogen) atoms. The van der Waals surface area contributed by atoms with Gasteiger partial charge >= 0.3 is 0 Å². The number of halogens is 1. The van der Waals surface area contributed by atoms with E-state index in [9.17, 15) is 0 Å². The van der Waals surface area contributed by atoms with E-state index in [1.54, 1.807) is 0 Å². The molecule has 0 atom stereocenters. The molecule has 0 aliphatic heterocycles. The van der Waals surface area contributed by atoms with Gasteiger partial charge in [-0.25, -0.2) is 0 Å². The third-order valence-corrected chi connectivity index (χ3v) is 4.70. The Morgan fingerprint density at radius 2 is 1.17 bits per heavy atom. The fraction of sp³-hybridized carbons (Fsp3) is 0. The molecule has 0 amide bonds. The molecule has 0 bridgehead atoms. The topological polar surface area (TPSA) is 13.1 Å². The Balaban J connectivity index is 1.90. The summed E-state index contributed by atoms with van der Waals surface area (Å²) >= 11 is 2.33. The SMILES string of the molecule is Ic1ccc(-c2cc(-c3ccccc3)oc2-c2ccccc2)cc1. The van der Waals surface area contributed by atoms with Crippen molar-refractivity contribution in [2.24, 2.45) is 0 Å². The quantitative estimate of drug-likeness (QED) is 0.328. The van der Waals surface area contributed by atoms with Crippen LogP contribution >= 0.6 is 22.6 Å². The average molecular weight is 422 g/mol. The van der Waals surface area contributed by atoms with Gasteiger partial charge in [-0.2, -0.15) is 0 Å². The molecule has 0 N–H and O–H groups in total. The lowest BCUT2D eigenvalue weighted by atomic mass is 10.0. The molecule has 2 heteroatoms. The van der Waals surface area contributed by atoms with Crippen molar-refractivity contribution in [1.82, 2.24) is 0 Å². The fourth-order valence-electron chi connectivity index (χ4n) is 2.78. The van der Waals surface area contributed by atoms with Crippen LogP contribution in [-0.4, -0.2) is 0 Å². The van der Waals surface area contributed by atoms with Crippen LogP contribution in [0.4, 0.5) is 0 Å². The van der Waals surface area contributed by atoms with E-state index in [2.05, 4.69) is 77.2 Å². The average Bonchev–Trinajstić information content (AvgIpc) is 3.09. The van der Waals surface area contributed by atoms with Gasteiger partial charge in [0.25, 0.3) is 0 Å². The van der Waals surface area contributed by atoms with Gasteiger partial charge in [0.05, 0.1) is 0 Å². The Morgan fingerprint density at radius 3 is 1.79 bits per heavy atom. The van der Waals surface area contributed by atoms with Gasteiger partial charge in [-0.05, 0) is 46.4 Å². The number of furan rings is 1. The van der Waals surface area contributed by atoms with Crippen molar-refractivity contribution >= 4 is 22.6 Å². The molecular weight excluding hydrogens is 407 g/mol. The van der Waals surface area contributed by atoms with E-state index in [1.807, 2.05) is 36.4 Å². The Hall–Kier alpha value is -2.33. The lowest BCUT2D eigenvalue weighted by Crippen LogP contribution is -1.80. The molecule has 0 radical (unpaired) electrons. The van der Waals surface area contributed by atoms with Gasteiger partial charge in [0.15, 0.2) is 0 Å². The van der Waals surface area contributed by atoms with Gasteiger partial charge in [0.2, 0.25) is 0 Å². The molecule has 0 saturated heterocycles. The van der Waals surface area contributed by atoms with Gasteiger partial charge in [0, 0.05) is 20.3 Å². The molecule has 1 aromatic heterocycles. The normalized spacial score (nSPS) is 10.7. The Morgan fingerprint density at radius 1 is 0.583 bits per heavy atom.